The van der Waals surface area contributed by atoms with Gasteiger partial charge in [0, 0.05) is 23.5 Å². The second-order valence-electron chi connectivity index (χ2n) is 6.42. The van der Waals surface area contributed by atoms with Crippen molar-refractivity contribution in [1.82, 2.24) is 9.71 Å². The molecule has 1 heterocycles. The number of nitrogens with zero attached hydrogens (tertiary/aromatic N) is 1. The molecular formula is C15H24IN3O2S. The second-order valence-corrected chi connectivity index (χ2v) is 8.35. The number of halogens is 1. The molecule has 2 aromatic rings. The van der Waals surface area contributed by atoms with Gasteiger partial charge in [0.1, 0.15) is 0 Å². The van der Waals surface area contributed by atoms with Crippen LogP contribution in [0.3, 0.4) is 0 Å². The Labute approximate surface area is 149 Å². The highest BCUT2D eigenvalue weighted by atomic mass is 127. The molecule has 0 spiro atoms. The highest BCUT2D eigenvalue weighted by molar-refractivity contribution is 7.88. The van der Waals surface area contributed by atoms with Crippen molar-refractivity contribution in [3.63, 3.8) is 0 Å². The van der Waals surface area contributed by atoms with Gasteiger partial charge in [0.2, 0.25) is 10.0 Å². The summed E-state index contributed by atoms with van der Waals surface area (Å²) < 4.78 is 26.6. The average molecular weight is 437 g/mol. The number of likely N-dealkylation sites (N-methyl/N-ethyl adjacent to an activating group) is 1. The monoisotopic (exact) mass is 437 g/mol. The van der Waals surface area contributed by atoms with Crippen molar-refractivity contribution in [2.45, 2.75) is 12.2 Å². The second kappa shape index (κ2) is 7.29. The van der Waals surface area contributed by atoms with E-state index in [1.807, 2.05) is 24.4 Å². The van der Waals surface area contributed by atoms with E-state index in [1.165, 1.54) is 12.6 Å². The maximum Gasteiger partial charge on any atom is 0.215 e. The molecule has 1 aromatic heterocycles. The van der Waals surface area contributed by atoms with Crippen LogP contribution < -0.4 is 28.7 Å². The molecule has 7 heteroatoms. The SMILES string of the molecule is CNS(=O)(=O)Cc1ccc2[nH]cc(CC[N+](C)(C)C)c2c1.[I-]. The molecule has 1 aromatic carbocycles. The molecule has 2 rings (SSSR count). The summed E-state index contributed by atoms with van der Waals surface area (Å²) in [6, 6.07) is 5.79. The van der Waals surface area contributed by atoms with Crippen molar-refractivity contribution in [3.05, 3.63) is 35.5 Å². The Morgan fingerprint density at radius 2 is 1.91 bits per heavy atom. The number of nitrogens with one attached hydrogen (secondary N) is 2. The summed E-state index contributed by atoms with van der Waals surface area (Å²) in [5.74, 6) is 0.0133. The first-order valence-corrected chi connectivity index (χ1v) is 8.66. The van der Waals surface area contributed by atoms with Gasteiger partial charge in [0.15, 0.2) is 0 Å². The molecular weight excluding hydrogens is 413 g/mol. The summed E-state index contributed by atoms with van der Waals surface area (Å²) in [6.07, 6.45) is 2.99. The fraction of sp³-hybridized carbons (Fsp3) is 0.467. The van der Waals surface area contributed by atoms with E-state index in [4.69, 9.17) is 0 Å². The Balaban J connectivity index is 0.00000242. The van der Waals surface area contributed by atoms with Crippen LogP contribution in [-0.4, -0.2) is 52.6 Å². The van der Waals surface area contributed by atoms with E-state index in [0.29, 0.717) is 0 Å². The van der Waals surface area contributed by atoms with Gasteiger partial charge in [-0.05, 0) is 30.3 Å². The van der Waals surface area contributed by atoms with Crippen molar-refractivity contribution >= 4 is 20.9 Å². The Kier molecular flexibility index (Phi) is 6.43. The van der Waals surface area contributed by atoms with Crippen LogP contribution in [0.4, 0.5) is 0 Å². The first-order chi connectivity index (χ1) is 9.70. The zero-order chi connectivity index (χ0) is 15.7. The highest BCUT2D eigenvalue weighted by Gasteiger charge is 2.13. The van der Waals surface area contributed by atoms with Gasteiger partial charge in [-0.3, -0.25) is 0 Å². The number of fused-ring (bicyclic) bond motifs is 1. The number of benzene rings is 1. The lowest BCUT2D eigenvalue weighted by atomic mass is 10.1. The highest BCUT2D eigenvalue weighted by Crippen LogP contribution is 2.21. The Bertz CT molecular complexity index is 733. The van der Waals surface area contributed by atoms with Crippen LogP contribution in [0.25, 0.3) is 10.9 Å². The van der Waals surface area contributed by atoms with Gasteiger partial charge in [-0.15, -0.1) is 0 Å². The lowest BCUT2D eigenvalue weighted by Crippen LogP contribution is -3.00. The molecule has 0 aliphatic carbocycles. The summed E-state index contributed by atoms with van der Waals surface area (Å²) in [6.45, 7) is 1.03. The summed E-state index contributed by atoms with van der Waals surface area (Å²) in [7, 11) is 4.70. The van der Waals surface area contributed by atoms with E-state index in [-0.39, 0.29) is 29.7 Å². The van der Waals surface area contributed by atoms with E-state index < -0.39 is 10.0 Å². The summed E-state index contributed by atoms with van der Waals surface area (Å²) >= 11 is 0. The van der Waals surface area contributed by atoms with Crippen molar-refractivity contribution in [2.75, 3.05) is 34.7 Å². The zero-order valence-corrected chi connectivity index (χ0v) is 16.5. The van der Waals surface area contributed by atoms with Crippen molar-refractivity contribution in [2.24, 2.45) is 0 Å². The third-order valence-corrected chi connectivity index (χ3v) is 4.89. The minimum atomic E-state index is -3.24. The van der Waals surface area contributed by atoms with E-state index in [9.17, 15) is 8.42 Å². The molecule has 0 aliphatic rings. The molecule has 2 N–H and O–H groups in total. The minimum absolute atomic E-state index is 0. The summed E-state index contributed by atoms with van der Waals surface area (Å²) in [4.78, 5) is 3.26. The first kappa shape index (κ1) is 19.4. The summed E-state index contributed by atoms with van der Waals surface area (Å²) in [5.41, 5.74) is 3.10. The van der Waals surface area contributed by atoms with Gasteiger partial charge in [0.25, 0.3) is 0 Å². The molecule has 0 amide bonds. The van der Waals surface area contributed by atoms with Gasteiger partial charge in [-0.1, -0.05) is 6.07 Å². The zero-order valence-electron chi connectivity index (χ0n) is 13.5. The average Bonchev–Trinajstić information content (AvgIpc) is 2.77. The molecule has 124 valence electrons. The van der Waals surface area contributed by atoms with Gasteiger partial charge >= 0.3 is 0 Å². The topological polar surface area (TPSA) is 62.0 Å². The standard InChI is InChI=1S/C15H24N3O2S.HI/c1-16-21(19,20)11-12-5-6-15-14(9-12)13(10-17-15)7-8-18(2,3)4;/h5-6,9-10,16-17H,7-8,11H2,1-4H3;1H/q+1;/p-1. The number of quaternary nitrogens is 1. The Morgan fingerprint density at radius 1 is 1.23 bits per heavy atom. The molecule has 5 nitrogen and oxygen atoms in total. The number of aromatic amines is 1. The molecule has 22 heavy (non-hydrogen) atoms. The predicted octanol–water partition coefficient (Wildman–Crippen LogP) is -1.53. The quantitative estimate of drug-likeness (QED) is 0.426. The van der Waals surface area contributed by atoms with E-state index >= 15 is 0 Å². The molecule has 0 radical (unpaired) electrons. The third kappa shape index (κ3) is 5.22. The van der Waals surface area contributed by atoms with E-state index in [2.05, 4.69) is 30.8 Å². The molecule has 0 aliphatic heterocycles. The smallest absolute Gasteiger partial charge is 0.215 e. The minimum Gasteiger partial charge on any atom is -1.00 e. The fourth-order valence-electron chi connectivity index (χ4n) is 2.27. The van der Waals surface area contributed by atoms with E-state index in [1.54, 1.807) is 0 Å². The molecule has 0 saturated heterocycles. The number of rotatable bonds is 6. The molecule has 0 fully saturated rings. The normalized spacial score (nSPS) is 12.4. The van der Waals surface area contributed by atoms with Crippen LogP contribution in [0.5, 0.6) is 0 Å². The lowest BCUT2D eigenvalue weighted by molar-refractivity contribution is -0.870. The maximum atomic E-state index is 11.7. The third-order valence-electron chi connectivity index (χ3n) is 3.55. The summed E-state index contributed by atoms with van der Waals surface area (Å²) in [5, 5.41) is 1.12. The predicted molar refractivity (Wildman–Crippen MR) is 86.6 cm³/mol. The van der Waals surface area contributed by atoms with Crippen LogP contribution in [0.2, 0.25) is 0 Å². The van der Waals surface area contributed by atoms with Gasteiger partial charge < -0.3 is 33.4 Å². The van der Waals surface area contributed by atoms with Crippen LogP contribution >= 0.6 is 0 Å². The first-order valence-electron chi connectivity index (χ1n) is 7.01. The molecule has 0 saturated carbocycles. The fourth-order valence-corrected chi connectivity index (χ4v) is 3.03. The van der Waals surface area contributed by atoms with Crippen molar-refractivity contribution in [3.8, 4) is 0 Å². The van der Waals surface area contributed by atoms with Gasteiger partial charge in [-0.25, -0.2) is 13.1 Å². The number of hydrogen-bond acceptors (Lipinski definition) is 2. The largest absolute Gasteiger partial charge is 1.00 e. The van der Waals surface area contributed by atoms with Crippen molar-refractivity contribution < 1.29 is 36.9 Å². The number of H-pyrrole nitrogens is 1. The lowest BCUT2D eigenvalue weighted by Gasteiger charge is -2.23. The Hall–Kier alpha value is -0.640. The molecule has 0 unspecified atom stereocenters. The maximum absolute atomic E-state index is 11.7. The number of sulfonamides is 1. The van der Waals surface area contributed by atoms with Crippen LogP contribution in [0, 0.1) is 0 Å². The number of aromatic nitrogens is 1. The van der Waals surface area contributed by atoms with Gasteiger partial charge in [0.05, 0.1) is 33.4 Å². The Morgan fingerprint density at radius 3 is 2.50 bits per heavy atom. The molecule has 0 atom stereocenters. The number of hydrogen-bond donors (Lipinski definition) is 2. The van der Waals surface area contributed by atoms with Crippen LogP contribution in [-0.2, 0) is 22.2 Å². The van der Waals surface area contributed by atoms with Crippen molar-refractivity contribution in [1.29, 1.82) is 0 Å². The van der Waals surface area contributed by atoms with Crippen LogP contribution in [0.15, 0.2) is 24.4 Å². The molecule has 0 bridgehead atoms. The van der Waals surface area contributed by atoms with Gasteiger partial charge in [-0.2, -0.15) is 0 Å². The van der Waals surface area contributed by atoms with Crippen LogP contribution in [0.1, 0.15) is 11.1 Å². The van der Waals surface area contributed by atoms with E-state index in [0.717, 1.165) is 33.9 Å².